The van der Waals surface area contributed by atoms with Crippen molar-refractivity contribution >= 4 is 27.8 Å². The van der Waals surface area contributed by atoms with Crippen LogP contribution < -0.4 is 4.72 Å². The number of aliphatic carboxylic acids is 1. The molecule has 1 aromatic carbocycles. The second-order valence-corrected chi connectivity index (χ2v) is 6.61. The van der Waals surface area contributed by atoms with Crippen LogP contribution in [0.15, 0.2) is 34.1 Å². The Kier molecular flexibility index (Phi) is 5.18. The van der Waals surface area contributed by atoms with Gasteiger partial charge in [0.15, 0.2) is 0 Å². The first-order valence-corrected chi connectivity index (χ1v) is 7.70. The van der Waals surface area contributed by atoms with Gasteiger partial charge in [-0.1, -0.05) is 19.1 Å². The standard InChI is InChI=1S/C11H15NO4S2/c1-3-8(11(13)14)17-9-6-4-5-7-10(9)18(15,16)12-2/h4-8,12H,3H2,1-2H3,(H,13,14). The van der Waals surface area contributed by atoms with Crippen LogP contribution in [-0.4, -0.2) is 31.8 Å². The number of hydrogen-bond acceptors (Lipinski definition) is 4. The van der Waals surface area contributed by atoms with Crippen molar-refractivity contribution in [2.24, 2.45) is 0 Å². The fourth-order valence-corrected chi connectivity index (χ4v) is 3.54. The monoisotopic (exact) mass is 289 g/mol. The summed E-state index contributed by atoms with van der Waals surface area (Å²) in [5.41, 5.74) is 0. The highest BCUT2D eigenvalue weighted by Gasteiger charge is 2.22. The first-order valence-electron chi connectivity index (χ1n) is 5.34. The molecule has 1 aromatic rings. The van der Waals surface area contributed by atoms with Crippen molar-refractivity contribution in [3.05, 3.63) is 24.3 Å². The van der Waals surface area contributed by atoms with E-state index in [1.54, 1.807) is 25.1 Å². The molecular formula is C11H15NO4S2. The molecular weight excluding hydrogens is 274 g/mol. The van der Waals surface area contributed by atoms with Gasteiger partial charge in [0.05, 0.1) is 4.90 Å². The van der Waals surface area contributed by atoms with Crippen LogP contribution in [0.1, 0.15) is 13.3 Å². The van der Waals surface area contributed by atoms with Crippen LogP contribution in [0.3, 0.4) is 0 Å². The maximum Gasteiger partial charge on any atom is 0.316 e. The van der Waals surface area contributed by atoms with Crippen molar-refractivity contribution in [1.82, 2.24) is 4.72 Å². The molecule has 7 heteroatoms. The molecule has 0 aliphatic carbocycles. The first-order chi connectivity index (χ1) is 8.42. The zero-order chi connectivity index (χ0) is 13.8. The van der Waals surface area contributed by atoms with E-state index < -0.39 is 21.2 Å². The van der Waals surface area contributed by atoms with E-state index in [4.69, 9.17) is 5.11 Å². The minimum absolute atomic E-state index is 0.109. The van der Waals surface area contributed by atoms with Crippen molar-refractivity contribution in [1.29, 1.82) is 0 Å². The van der Waals surface area contributed by atoms with Crippen molar-refractivity contribution in [2.45, 2.75) is 28.4 Å². The maximum absolute atomic E-state index is 11.8. The number of thioether (sulfide) groups is 1. The fraction of sp³-hybridized carbons (Fsp3) is 0.364. The summed E-state index contributed by atoms with van der Waals surface area (Å²) in [6.45, 7) is 1.75. The second-order valence-electron chi connectivity index (χ2n) is 3.51. The Bertz CT molecular complexity index is 528. The van der Waals surface area contributed by atoms with Gasteiger partial charge in [0, 0.05) is 4.90 Å². The van der Waals surface area contributed by atoms with Gasteiger partial charge >= 0.3 is 5.97 Å². The van der Waals surface area contributed by atoms with Crippen LogP contribution in [0.4, 0.5) is 0 Å². The third kappa shape index (κ3) is 3.47. The number of carboxylic acid groups (broad SMARTS) is 1. The van der Waals surface area contributed by atoms with E-state index in [2.05, 4.69) is 4.72 Å². The number of nitrogens with one attached hydrogen (secondary N) is 1. The van der Waals surface area contributed by atoms with Crippen molar-refractivity contribution in [2.75, 3.05) is 7.05 Å². The van der Waals surface area contributed by atoms with E-state index in [0.717, 1.165) is 11.8 Å². The first kappa shape index (κ1) is 15.0. The molecule has 0 saturated carbocycles. The predicted octanol–water partition coefficient (Wildman–Crippen LogP) is 1.55. The average Bonchev–Trinajstić information content (AvgIpc) is 2.35. The number of carboxylic acids is 1. The normalized spacial score (nSPS) is 13.2. The van der Waals surface area contributed by atoms with Crippen LogP contribution in [0, 0.1) is 0 Å². The minimum Gasteiger partial charge on any atom is -0.480 e. The molecule has 0 saturated heterocycles. The Labute approximate surface area is 111 Å². The van der Waals surface area contributed by atoms with Gasteiger partial charge in [0.2, 0.25) is 10.0 Å². The van der Waals surface area contributed by atoms with E-state index in [-0.39, 0.29) is 4.90 Å². The molecule has 1 rings (SSSR count). The van der Waals surface area contributed by atoms with Crippen LogP contribution >= 0.6 is 11.8 Å². The Morgan fingerprint density at radius 1 is 1.44 bits per heavy atom. The maximum atomic E-state index is 11.8. The molecule has 0 aliphatic rings. The summed E-state index contributed by atoms with van der Waals surface area (Å²) >= 11 is 1.05. The third-order valence-corrected chi connectivity index (χ3v) is 5.35. The van der Waals surface area contributed by atoms with Gasteiger partial charge in [0.1, 0.15) is 5.25 Å². The molecule has 100 valence electrons. The highest BCUT2D eigenvalue weighted by atomic mass is 32.2. The lowest BCUT2D eigenvalue weighted by Gasteiger charge is -2.13. The van der Waals surface area contributed by atoms with Gasteiger partial charge in [0.25, 0.3) is 0 Å². The van der Waals surface area contributed by atoms with Crippen molar-refractivity contribution in [3.8, 4) is 0 Å². The van der Waals surface area contributed by atoms with E-state index >= 15 is 0 Å². The fourth-order valence-electron chi connectivity index (χ4n) is 1.34. The molecule has 5 nitrogen and oxygen atoms in total. The minimum atomic E-state index is -3.57. The summed E-state index contributed by atoms with van der Waals surface area (Å²) in [6.07, 6.45) is 0.425. The van der Waals surface area contributed by atoms with Crippen LogP contribution in [0.25, 0.3) is 0 Å². The second kappa shape index (κ2) is 6.21. The molecule has 1 unspecified atom stereocenters. The number of benzene rings is 1. The highest BCUT2D eigenvalue weighted by Crippen LogP contribution is 2.31. The van der Waals surface area contributed by atoms with Gasteiger partial charge in [-0.3, -0.25) is 4.79 Å². The number of sulfonamides is 1. The van der Waals surface area contributed by atoms with Crippen LogP contribution in [0.2, 0.25) is 0 Å². The Morgan fingerprint density at radius 3 is 2.56 bits per heavy atom. The summed E-state index contributed by atoms with van der Waals surface area (Å²) in [7, 11) is -2.25. The molecule has 2 N–H and O–H groups in total. The lowest BCUT2D eigenvalue weighted by Crippen LogP contribution is -2.20. The summed E-state index contributed by atoms with van der Waals surface area (Å²) in [4.78, 5) is 11.5. The molecule has 1 atom stereocenters. The summed E-state index contributed by atoms with van der Waals surface area (Å²) in [5, 5.41) is 8.35. The summed E-state index contributed by atoms with van der Waals surface area (Å²) in [6, 6.07) is 6.37. The van der Waals surface area contributed by atoms with Gasteiger partial charge in [-0.15, -0.1) is 11.8 Å². The van der Waals surface area contributed by atoms with E-state index in [1.165, 1.54) is 13.1 Å². The molecule has 0 bridgehead atoms. The Balaban J connectivity index is 3.14. The largest absolute Gasteiger partial charge is 0.480 e. The van der Waals surface area contributed by atoms with E-state index in [0.29, 0.717) is 11.3 Å². The zero-order valence-electron chi connectivity index (χ0n) is 10.1. The van der Waals surface area contributed by atoms with Gasteiger partial charge in [-0.25, -0.2) is 13.1 Å². The predicted molar refractivity (Wildman–Crippen MR) is 70.3 cm³/mol. The topological polar surface area (TPSA) is 83.5 Å². The molecule has 0 radical (unpaired) electrons. The lowest BCUT2D eigenvalue weighted by atomic mass is 10.3. The SMILES string of the molecule is CCC(Sc1ccccc1S(=O)(=O)NC)C(=O)O. The van der Waals surface area contributed by atoms with Gasteiger partial charge < -0.3 is 5.11 Å². The van der Waals surface area contributed by atoms with Gasteiger partial charge in [-0.05, 0) is 25.6 Å². The molecule has 0 heterocycles. The van der Waals surface area contributed by atoms with Crippen molar-refractivity contribution in [3.63, 3.8) is 0 Å². The Morgan fingerprint density at radius 2 is 2.06 bits per heavy atom. The van der Waals surface area contributed by atoms with Crippen LogP contribution in [0.5, 0.6) is 0 Å². The summed E-state index contributed by atoms with van der Waals surface area (Å²) in [5.74, 6) is -0.945. The zero-order valence-corrected chi connectivity index (χ0v) is 11.7. The molecule has 0 aliphatic heterocycles. The molecule has 0 aromatic heterocycles. The third-order valence-electron chi connectivity index (χ3n) is 2.32. The quantitative estimate of drug-likeness (QED) is 0.776. The highest BCUT2D eigenvalue weighted by molar-refractivity contribution is 8.01. The van der Waals surface area contributed by atoms with E-state index in [9.17, 15) is 13.2 Å². The molecule has 0 fully saturated rings. The molecule has 0 amide bonds. The number of rotatable bonds is 6. The lowest BCUT2D eigenvalue weighted by molar-refractivity contribution is -0.136. The van der Waals surface area contributed by atoms with Crippen molar-refractivity contribution < 1.29 is 18.3 Å². The number of hydrogen-bond donors (Lipinski definition) is 2. The molecule has 0 spiro atoms. The van der Waals surface area contributed by atoms with E-state index in [1.807, 2.05) is 0 Å². The Hall–Kier alpha value is -1.05. The number of carbonyl (C=O) groups is 1. The average molecular weight is 289 g/mol. The smallest absolute Gasteiger partial charge is 0.316 e. The van der Waals surface area contributed by atoms with Gasteiger partial charge in [-0.2, -0.15) is 0 Å². The van der Waals surface area contributed by atoms with Crippen LogP contribution in [-0.2, 0) is 14.8 Å². The molecule has 18 heavy (non-hydrogen) atoms. The summed E-state index contributed by atoms with van der Waals surface area (Å²) < 4.78 is 25.8.